The molecular weight excluding hydrogens is 380 g/mol. The van der Waals surface area contributed by atoms with E-state index in [9.17, 15) is 16.8 Å². The molecule has 1 N–H and O–H groups in total. The summed E-state index contributed by atoms with van der Waals surface area (Å²) in [4.78, 5) is -0.136. The third-order valence-electron chi connectivity index (χ3n) is 3.53. The SMILES string of the molecule is Cc1c(OCCCO)cccc1OS(=O)(=O)c1ccc(S(C)(=O)=O)cc1. The molecule has 0 aromatic heterocycles. The van der Waals surface area contributed by atoms with Gasteiger partial charge in [-0.15, -0.1) is 0 Å². The van der Waals surface area contributed by atoms with Crippen LogP contribution in [0.4, 0.5) is 0 Å². The lowest BCUT2D eigenvalue weighted by Gasteiger charge is -2.13. The molecule has 0 fully saturated rings. The van der Waals surface area contributed by atoms with Gasteiger partial charge in [0.2, 0.25) is 0 Å². The summed E-state index contributed by atoms with van der Waals surface area (Å²) in [5, 5.41) is 8.80. The molecule has 0 radical (unpaired) electrons. The van der Waals surface area contributed by atoms with Crippen molar-refractivity contribution in [3.8, 4) is 11.5 Å². The first kappa shape index (κ1) is 20.2. The van der Waals surface area contributed by atoms with Gasteiger partial charge in [0, 0.05) is 24.8 Å². The third-order valence-corrected chi connectivity index (χ3v) is 5.91. The number of rotatable bonds is 8. The first-order valence-corrected chi connectivity index (χ1v) is 11.0. The quantitative estimate of drug-likeness (QED) is 0.533. The third kappa shape index (κ3) is 4.96. The zero-order chi connectivity index (χ0) is 19.4. The predicted octanol–water partition coefficient (Wildman–Crippen LogP) is 1.93. The van der Waals surface area contributed by atoms with E-state index in [1.807, 2.05) is 0 Å². The van der Waals surface area contributed by atoms with E-state index in [1.165, 1.54) is 30.3 Å². The second-order valence-electron chi connectivity index (χ2n) is 5.59. The molecule has 2 aromatic rings. The van der Waals surface area contributed by atoms with Crippen LogP contribution in [0.2, 0.25) is 0 Å². The summed E-state index contributed by atoms with van der Waals surface area (Å²) < 4.78 is 58.5. The minimum atomic E-state index is -4.13. The maximum Gasteiger partial charge on any atom is 0.339 e. The van der Waals surface area contributed by atoms with Crippen molar-refractivity contribution in [3.05, 3.63) is 48.0 Å². The molecule has 0 aliphatic carbocycles. The molecule has 0 unspecified atom stereocenters. The van der Waals surface area contributed by atoms with Gasteiger partial charge >= 0.3 is 10.1 Å². The maximum atomic E-state index is 12.4. The highest BCUT2D eigenvalue weighted by Gasteiger charge is 2.20. The van der Waals surface area contributed by atoms with Gasteiger partial charge in [0.05, 0.1) is 11.5 Å². The Morgan fingerprint density at radius 3 is 2.08 bits per heavy atom. The van der Waals surface area contributed by atoms with Crippen molar-refractivity contribution in [3.63, 3.8) is 0 Å². The number of hydrogen-bond donors (Lipinski definition) is 1. The van der Waals surface area contributed by atoms with E-state index in [1.54, 1.807) is 19.1 Å². The Bertz CT molecular complexity index is 963. The molecule has 0 atom stereocenters. The van der Waals surface area contributed by atoms with Crippen molar-refractivity contribution in [2.45, 2.75) is 23.1 Å². The molecule has 0 bridgehead atoms. The van der Waals surface area contributed by atoms with Crippen molar-refractivity contribution in [1.82, 2.24) is 0 Å². The fourth-order valence-electron chi connectivity index (χ4n) is 2.11. The second-order valence-corrected chi connectivity index (χ2v) is 9.15. The lowest BCUT2D eigenvalue weighted by atomic mass is 10.2. The van der Waals surface area contributed by atoms with Gasteiger partial charge in [-0.1, -0.05) is 6.07 Å². The van der Waals surface area contributed by atoms with Gasteiger partial charge in [-0.05, 0) is 43.3 Å². The van der Waals surface area contributed by atoms with E-state index in [4.69, 9.17) is 14.0 Å². The van der Waals surface area contributed by atoms with Crippen LogP contribution in [0.5, 0.6) is 11.5 Å². The van der Waals surface area contributed by atoms with Gasteiger partial charge in [0.15, 0.2) is 9.84 Å². The number of benzene rings is 2. The van der Waals surface area contributed by atoms with Gasteiger partial charge in [0.25, 0.3) is 0 Å². The number of sulfone groups is 1. The predicted molar refractivity (Wildman–Crippen MR) is 95.7 cm³/mol. The maximum absolute atomic E-state index is 12.4. The van der Waals surface area contributed by atoms with Crippen LogP contribution in [0.3, 0.4) is 0 Å². The van der Waals surface area contributed by atoms with Crippen molar-refractivity contribution in [2.24, 2.45) is 0 Å². The van der Waals surface area contributed by atoms with E-state index in [0.717, 1.165) is 6.26 Å². The first-order chi connectivity index (χ1) is 12.1. The standard InChI is InChI=1S/C17H20O7S2/c1-13-16(23-12-4-11-18)5-3-6-17(13)24-26(21,22)15-9-7-14(8-10-15)25(2,19)20/h3,5-10,18H,4,11-12H2,1-2H3. The highest BCUT2D eigenvalue weighted by Crippen LogP contribution is 2.30. The molecule has 2 aromatic carbocycles. The first-order valence-electron chi connectivity index (χ1n) is 7.73. The van der Waals surface area contributed by atoms with Gasteiger partial charge in [-0.3, -0.25) is 0 Å². The summed E-state index contributed by atoms with van der Waals surface area (Å²) in [6, 6.07) is 9.56. The summed E-state index contributed by atoms with van der Waals surface area (Å²) in [5.74, 6) is 0.567. The molecule has 0 aliphatic heterocycles. The number of aliphatic hydroxyl groups is 1. The highest BCUT2D eigenvalue weighted by atomic mass is 32.2. The van der Waals surface area contributed by atoms with Crippen LogP contribution in [-0.4, -0.2) is 41.4 Å². The molecule has 0 aliphatic rings. The fraction of sp³-hybridized carbons (Fsp3) is 0.294. The molecule has 7 nitrogen and oxygen atoms in total. The average molecular weight is 400 g/mol. The lowest BCUT2D eigenvalue weighted by molar-refractivity contribution is 0.232. The van der Waals surface area contributed by atoms with Crippen molar-refractivity contribution in [1.29, 1.82) is 0 Å². The molecule has 2 rings (SSSR count). The van der Waals surface area contributed by atoms with E-state index in [2.05, 4.69) is 0 Å². The summed E-state index contributed by atoms with van der Waals surface area (Å²) in [7, 11) is -7.55. The molecule has 0 saturated heterocycles. The van der Waals surface area contributed by atoms with Crippen LogP contribution in [0, 0.1) is 6.92 Å². The zero-order valence-corrected chi connectivity index (χ0v) is 16.0. The van der Waals surface area contributed by atoms with Crippen molar-refractivity contribution in [2.75, 3.05) is 19.5 Å². The van der Waals surface area contributed by atoms with Gasteiger partial charge in [-0.25, -0.2) is 8.42 Å². The van der Waals surface area contributed by atoms with Crippen LogP contribution in [-0.2, 0) is 20.0 Å². The molecule has 26 heavy (non-hydrogen) atoms. The summed E-state index contributed by atoms with van der Waals surface area (Å²) in [6.45, 7) is 1.94. The largest absolute Gasteiger partial charge is 0.493 e. The molecule has 9 heteroatoms. The molecule has 0 spiro atoms. The normalized spacial score (nSPS) is 12.0. The zero-order valence-electron chi connectivity index (χ0n) is 14.4. The fourth-order valence-corrected chi connectivity index (χ4v) is 3.72. The Labute approximate surface area is 153 Å². The Hall–Kier alpha value is -2.10. The Morgan fingerprint density at radius 1 is 0.923 bits per heavy atom. The topological polar surface area (TPSA) is 107 Å². The van der Waals surface area contributed by atoms with Gasteiger partial charge in [0.1, 0.15) is 16.4 Å². The van der Waals surface area contributed by atoms with Crippen LogP contribution >= 0.6 is 0 Å². The summed E-state index contributed by atoms with van der Waals surface area (Å²) >= 11 is 0. The molecule has 0 amide bonds. The van der Waals surface area contributed by atoms with Crippen LogP contribution in [0.15, 0.2) is 52.3 Å². The van der Waals surface area contributed by atoms with E-state index < -0.39 is 20.0 Å². The van der Waals surface area contributed by atoms with Crippen molar-refractivity contribution < 1.29 is 30.9 Å². The van der Waals surface area contributed by atoms with E-state index in [-0.39, 0.29) is 22.1 Å². The number of hydrogen-bond acceptors (Lipinski definition) is 7. The van der Waals surface area contributed by atoms with E-state index >= 15 is 0 Å². The summed E-state index contributed by atoms with van der Waals surface area (Å²) in [5.41, 5.74) is 0.502. The molecule has 0 heterocycles. The number of ether oxygens (including phenoxy) is 1. The minimum absolute atomic E-state index is 0.00685. The second kappa shape index (κ2) is 8.07. The minimum Gasteiger partial charge on any atom is -0.493 e. The molecule has 0 saturated carbocycles. The Morgan fingerprint density at radius 2 is 1.50 bits per heavy atom. The van der Waals surface area contributed by atoms with Crippen LogP contribution in [0.25, 0.3) is 0 Å². The molecular formula is C17H20O7S2. The van der Waals surface area contributed by atoms with Crippen LogP contribution in [0.1, 0.15) is 12.0 Å². The smallest absolute Gasteiger partial charge is 0.339 e. The Balaban J connectivity index is 2.25. The average Bonchev–Trinajstić information content (AvgIpc) is 2.57. The molecule has 142 valence electrons. The van der Waals surface area contributed by atoms with Crippen molar-refractivity contribution >= 4 is 20.0 Å². The van der Waals surface area contributed by atoms with Crippen LogP contribution < -0.4 is 8.92 Å². The van der Waals surface area contributed by atoms with Gasteiger partial charge < -0.3 is 14.0 Å². The van der Waals surface area contributed by atoms with E-state index in [0.29, 0.717) is 24.3 Å². The highest BCUT2D eigenvalue weighted by molar-refractivity contribution is 7.90. The summed E-state index contributed by atoms with van der Waals surface area (Å²) in [6.07, 6.45) is 1.49. The van der Waals surface area contributed by atoms with Gasteiger partial charge in [-0.2, -0.15) is 8.42 Å². The number of aliphatic hydroxyl groups excluding tert-OH is 1. The monoisotopic (exact) mass is 400 g/mol. The Kier molecular flexibility index (Phi) is 6.27. The lowest BCUT2D eigenvalue weighted by Crippen LogP contribution is -2.11.